The van der Waals surface area contributed by atoms with Crippen molar-refractivity contribution in [2.45, 2.75) is 428 Å². The van der Waals surface area contributed by atoms with E-state index in [9.17, 15) is 40.5 Å². The molecule has 1 aliphatic rings. The van der Waals surface area contributed by atoms with Crippen molar-refractivity contribution in [1.29, 1.82) is 0 Å². The minimum absolute atomic E-state index is 0.249. The summed E-state index contributed by atoms with van der Waals surface area (Å²) in [5, 5.41) is 76.4. The number of carbonyl (C=O) groups excluding carboxylic acids is 1. The zero-order valence-corrected chi connectivity index (χ0v) is 55.9. The summed E-state index contributed by atoms with van der Waals surface area (Å²) >= 11 is 0. The number of nitrogens with one attached hydrogen (secondary N) is 1. The molecular weight excluding hydrogens is 1060 g/mol. The van der Waals surface area contributed by atoms with Crippen LogP contribution >= 0.6 is 0 Å². The molecule has 0 aromatic carbocycles. The van der Waals surface area contributed by atoms with E-state index in [1.54, 1.807) is 0 Å². The molecule has 0 saturated carbocycles. The van der Waals surface area contributed by atoms with E-state index in [0.29, 0.717) is 19.3 Å². The maximum absolute atomic E-state index is 13.2. The minimum atomic E-state index is -1.67. The third-order valence-corrected chi connectivity index (χ3v) is 18.2. The van der Waals surface area contributed by atoms with Crippen molar-refractivity contribution in [3.05, 3.63) is 24.3 Å². The topological polar surface area (TPSA) is 189 Å². The van der Waals surface area contributed by atoms with Crippen LogP contribution in [0.2, 0.25) is 0 Å². The lowest BCUT2D eigenvalue weighted by Gasteiger charge is -2.40. The Morgan fingerprint density at radius 1 is 0.400 bits per heavy atom. The number of carbonyl (C=O) groups is 1. The summed E-state index contributed by atoms with van der Waals surface area (Å²) < 4.78 is 11.2. The molecule has 1 aliphatic heterocycles. The van der Waals surface area contributed by atoms with Gasteiger partial charge in [-0.05, 0) is 51.4 Å². The zero-order chi connectivity index (χ0) is 61.7. The molecule has 9 atom stereocenters. The second kappa shape index (κ2) is 62.8. The smallest absolute Gasteiger partial charge is 0.249 e. The first-order chi connectivity index (χ1) is 41.7. The van der Waals surface area contributed by atoms with E-state index in [2.05, 4.69) is 43.5 Å². The Labute approximate surface area is 524 Å². The van der Waals surface area contributed by atoms with E-state index < -0.39 is 74.2 Å². The van der Waals surface area contributed by atoms with Gasteiger partial charge in [-0.2, -0.15) is 0 Å². The van der Waals surface area contributed by atoms with Crippen LogP contribution < -0.4 is 5.32 Å². The van der Waals surface area contributed by atoms with Crippen molar-refractivity contribution < 1.29 is 50.0 Å². The highest BCUT2D eigenvalue weighted by Crippen LogP contribution is 2.24. The van der Waals surface area contributed by atoms with Crippen LogP contribution in [0.15, 0.2) is 24.3 Å². The fraction of sp³-hybridized carbons (Fsp3) is 0.932. The molecule has 9 unspecified atom stereocenters. The van der Waals surface area contributed by atoms with Crippen LogP contribution in [0.1, 0.15) is 373 Å². The first-order valence-electron chi connectivity index (χ1n) is 37.2. The highest BCUT2D eigenvalue weighted by molar-refractivity contribution is 5.80. The summed E-state index contributed by atoms with van der Waals surface area (Å²) in [4.78, 5) is 13.2. The van der Waals surface area contributed by atoms with Crippen molar-refractivity contribution in [1.82, 2.24) is 5.32 Å². The Balaban J connectivity index is 2.12. The van der Waals surface area contributed by atoms with Crippen LogP contribution in [0.4, 0.5) is 0 Å². The summed E-state index contributed by atoms with van der Waals surface area (Å²) in [7, 11) is 0. The van der Waals surface area contributed by atoms with Gasteiger partial charge in [0.1, 0.15) is 36.6 Å². The number of aliphatic hydroxyl groups excluding tert-OH is 7. The predicted molar refractivity (Wildman–Crippen MR) is 358 cm³/mol. The first-order valence-corrected chi connectivity index (χ1v) is 37.2. The molecule has 0 radical (unpaired) electrons. The number of rotatable bonds is 66. The van der Waals surface area contributed by atoms with Gasteiger partial charge in [0.2, 0.25) is 5.91 Å². The monoisotopic (exact) mass is 1210 g/mol. The van der Waals surface area contributed by atoms with Crippen molar-refractivity contribution in [3.63, 3.8) is 0 Å². The maximum Gasteiger partial charge on any atom is 0.249 e. The van der Waals surface area contributed by atoms with Gasteiger partial charge in [-0.25, -0.2) is 0 Å². The van der Waals surface area contributed by atoms with Crippen LogP contribution in [-0.4, -0.2) is 110 Å². The molecule has 0 bridgehead atoms. The van der Waals surface area contributed by atoms with Gasteiger partial charge >= 0.3 is 0 Å². The van der Waals surface area contributed by atoms with Gasteiger partial charge in [-0.3, -0.25) is 4.79 Å². The van der Waals surface area contributed by atoms with E-state index >= 15 is 0 Å². The number of allylic oxidation sites excluding steroid dienone is 4. The van der Waals surface area contributed by atoms with Gasteiger partial charge in [-0.15, -0.1) is 0 Å². The molecule has 1 rings (SSSR count). The summed E-state index contributed by atoms with van der Waals surface area (Å²) in [6.07, 6.45) is 68.7. The molecule has 85 heavy (non-hydrogen) atoms. The summed E-state index contributed by atoms with van der Waals surface area (Å²) in [6, 6.07) is -1.19. The molecule has 11 heteroatoms. The highest BCUT2D eigenvalue weighted by atomic mass is 16.7. The maximum atomic E-state index is 13.2. The Morgan fingerprint density at radius 3 is 1.05 bits per heavy atom. The number of hydrogen-bond donors (Lipinski definition) is 8. The Kier molecular flexibility index (Phi) is 60.3. The van der Waals surface area contributed by atoms with Crippen molar-refractivity contribution in [2.75, 3.05) is 13.2 Å². The number of amides is 1. The summed E-state index contributed by atoms with van der Waals surface area (Å²) in [6.45, 7) is 3.49. The number of unbranched alkanes of at least 4 members (excludes halogenated alkanes) is 50. The number of aliphatic hydroxyl groups is 7. The van der Waals surface area contributed by atoms with E-state index in [-0.39, 0.29) is 12.8 Å². The second-order valence-corrected chi connectivity index (χ2v) is 26.4. The first kappa shape index (κ1) is 81.6. The fourth-order valence-electron chi connectivity index (χ4n) is 12.3. The van der Waals surface area contributed by atoms with Gasteiger partial charge in [0.05, 0.1) is 25.4 Å². The Morgan fingerprint density at radius 2 is 0.706 bits per heavy atom. The minimum Gasteiger partial charge on any atom is -0.394 e. The van der Waals surface area contributed by atoms with Gasteiger partial charge in [-0.1, -0.05) is 346 Å². The van der Waals surface area contributed by atoms with Crippen molar-refractivity contribution >= 4 is 5.91 Å². The average Bonchev–Trinajstić information content (AvgIpc) is 3.67. The van der Waals surface area contributed by atoms with Crippen LogP contribution in [0.3, 0.4) is 0 Å². The molecule has 1 fully saturated rings. The van der Waals surface area contributed by atoms with Crippen LogP contribution in [-0.2, 0) is 14.3 Å². The predicted octanol–water partition coefficient (Wildman–Crippen LogP) is 18.4. The van der Waals surface area contributed by atoms with E-state index in [0.717, 1.165) is 38.5 Å². The fourth-order valence-corrected chi connectivity index (χ4v) is 12.3. The van der Waals surface area contributed by atoms with Gasteiger partial charge in [0.25, 0.3) is 0 Å². The quantitative estimate of drug-likeness (QED) is 0.0215. The van der Waals surface area contributed by atoms with Gasteiger partial charge < -0.3 is 50.5 Å². The van der Waals surface area contributed by atoms with E-state index in [1.807, 2.05) is 0 Å². The number of ether oxygens (including phenoxy) is 2. The molecule has 1 amide bonds. The Bertz CT molecular complexity index is 1430. The van der Waals surface area contributed by atoms with Gasteiger partial charge in [0, 0.05) is 0 Å². The lowest BCUT2D eigenvalue weighted by Crippen LogP contribution is -2.60. The molecule has 504 valence electrons. The standard InChI is InChI=1S/C74H143NO10/c1-3-5-7-9-11-13-15-17-19-21-23-25-26-27-28-29-30-31-32-33-34-35-36-37-38-39-40-41-42-44-46-48-50-52-54-56-58-60-62-67(78)73(83)75-65(64-84-74-72(82)71(81)70(80)68(63-76)85-74)69(79)66(77)61-59-57-55-53-51-49-47-45-43-24-22-20-18-16-14-12-10-8-6-4-2/h45,47,53,55,65-72,74,76-82H,3-44,46,48-52,54,56-64H2,1-2H3,(H,75,83)/b47-45+,55-53+. The average molecular weight is 1210 g/mol. The lowest BCUT2D eigenvalue weighted by molar-refractivity contribution is -0.303. The van der Waals surface area contributed by atoms with Crippen LogP contribution in [0, 0.1) is 0 Å². The molecule has 0 aliphatic carbocycles. The normalized spacial score (nSPS) is 18.9. The molecule has 8 N–H and O–H groups in total. The SMILES string of the molecule is CCCCCCCCCCCCC/C=C/CC/C=C/CCCC(O)C(O)C(COC1OC(CO)C(O)C(O)C1O)NC(=O)C(O)CCCCCCCCCCCCCCCCCCCCCCCCCCCCCCCCCCCCCCCC. The molecular formula is C74H143NO10. The molecule has 0 aromatic rings. The molecule has 1 heterocycles. The molecule has 0 spiro atoms. The largest absolute Gasteiger partial charge is 0.394 e. The Hall–Kier alpha value is -1.41. The molecule has 0 aromatic heterocycles. The molecule has 11 nitrogen and oxygen atoms in total. The van der Waals surface area contributed by atoms with Crippen LogP contribution in [0.5, 0.6) is 0 Å². The van der Waals surface area contributed by atoms with E-state index in [4.69, 9.17) is 9.47 Å². The summed E-state index contributed by atoms with van der Waals surface area (Å²) in [5.74, 6) is -0.703. The van der Waals surface area contributed by atoms with E-state index in [1.165, 1.54) is 289 Å². The highest BCUT2D eigenvalue weighted by Gasteiger charge is 2.44. The van der Waals surface area contributed by atoms with Crippen molar-refractivity contribution in [3.8, 4) is 0 Å². The summed E-state index contributed by atoms with van der Waals surface area (Å²) in [5.41, 5.74) is 0. The zero-order valence-electron chi connectivity index (χ0n) is 55.9. The van der Waals surface area contributed by atoms with Crippen molar-refractivity contribution in [2.24, 2.45) is 0 Å². The second-order valence-electron chi connectivity index (χ2n) is 26.4. The van der Waals surface area contributed by atoms with Gasteiger partial charge in [0.15, 0.2) is 6.29 Å². The lowest BCUT2D eigenvalue weighted by atomic mass is 9.98. The third kappa shape index (κ3) is 50.0. The third-order valence-electron chi connectivity index (χ3n) is 18.2. The molecule has 1 saturated heterocycles. The number of hydrogen-bond acceptors (Lipinski definition) is 10. The van der Waals surface area contributed by atoms with Crippen LogP contribution in [0.25, 0.3) is 0 Å².